The van der Waals surface area contributed by atoms with Crippen LogP contribution in [-0.4, -0.2) is 37.6 Å². The average molecular weight is 384 g/mol. The van der Waals surface area contributed by atoms with Crippen LogP contribution in [-0.2, 0) is 0 Å². The van der Waals surface area contributed by atoms with Crippen molar-refractivity contribution < 1.29 is 14.2 Å². The Morgan fingerprint density at radius 2 is 2.12 bits per heavy atom. The maximum atomic E-state index is 14.0. The van der Waals surface area contributed by atoms with Crippen molar-refractivity contribution in [3.05, 3.63) is 23.4 Å². The van der Waals surface area contributed by atoms with E-state index in [0.717, 1.165) is 31.9 Å². The summed E-state index contributed by atoms with van der Waals surface area (Å²) in [5.74, 6) is -0.232. The molecule has 0 radical (unpaired) electrons. The molecule has 0 unspecified atom stereocenters. The van der Waals surface area contributed by atoms with Gasteiger partial charge in [0.2, 0.25) is 11.8 Å². The van der Waals surface area contributed by atoms with E-state index in [2.05, 4.69) is 20.4 Å². The predicted molar refractivity (Wildman–Crippen MR) is 96.4 cm³/mol. The van der Waals surface area contributed by atoms with Crippen LogP contribution >= 0.6 is 11.6 Å². The molecular formula is C17H23ClFN5O2. The topological polar surface area (TPSA) is 85.1 Å². The van der Waals surface area contributed by atoms with Crippen LogP contribution in [0.4, 0.5) is 16.0 Å². The summed E-state index contributed by atoms with van der Waals surface area (Å²) in [6, 6.07) is 0.157. The minimum absolute atomic E-state index is 0.0963. The largest absolute Gasteiger partial charge is 0.475 e. The lowest BCUT2D eigenvalue weighted by molar-refractivity contribution is 0.0899. The van der Waals surface area contributed by atoms with E-state index >= 15 is 0 Å². The predicted octanol–water partition coefficient (Wildman–Crippen LogP) is 3.72. The molecule has 2 aromatic heterocycles. The van der Waals surface area contributed by atoms with Crippen LogP contribution in [0.1, 0.15) is 45.6 Å². The van der Waals surface area contributed by atoms with E-state index in [-0.39, 0.29) is 29.1 Å². The SMILES string of the molecule is CC(C)n1cc(Nc2ncc(F)c(OCC3CCC(O)CC3)n2)c(Cl)n1. The molecule has 26 heavy (non-hydrogen) atoms. The van der Waals surface area contributed by atoms with Gasteiger partial charge in [0.05, 0.1) is 30.8 Å². The lowest BCUT2D eigenvalue weighted by atomic mass is 9.88. The first kappa shape index (κ1) is 18.8. The number of hydrogen-bond donors (Lipinski definition) is 2. The Balaban J connectivity index is 1.65. The van der Waals surface area contributed by atoms with E-state index in [4.69, 9.17) is 16.3 Å². The Labute approximate surface area is 156 Å². The van der Waals surface area contributed by atoms with E-state index in [0.29, 0.717) is 18.2 Å². The quantitative estimate of drug-likeness (QED) is 0.790. The number of aliphatic hydroxyl groups is 1. The Morgan fingerprint density at radius 1 is 1.38 bits per heavy atom. The van der Waals surface area contributed by atoms with Crippen LogP contribution in [0.5, 0.6) is 5.88 Å². The van der Waals surface area contributed by atoms with Crippen molar-refractivity contribution in [2.45, 2.75) is 51.7 Å². The maximum Gasteiger partial charge on any atom is 0.255 e. The van der Waals surface area contributed by atoms with E-state index in [1.165, 1.54) is 0 Å². The fourth-order valence-corrected chi connectivity index (χ4v) is 3.04. The first-order chi connectivity index (χ1) is 12.4. The number of rotatable bonds is 6. The first-order valence-electron chi connectivity index (χ1n) is 8.77. The molecule has 2 heterocycles. The standard InChI is InChI=1S/C17H23ClFN5O2/c1-10(2)24-8-14(15(18)23-24)21-17-20-7-13(19)16(22-17)26-9-11-3-5-12(25)6-4-11/h7-8,10-12,25H,3-6,9H2,1-2H3,(H,20,21,22). The molecule has 0 saturated heterocycles. The van der Waals surface area contributed by atoms with Crippen LogP contribution < -0.4 is 10.1 Å². The molecule has 142 valence electrons. The van der Waals surface area contributed by atoms with Gasteiger partial charge in [-0.25, -0.2) is 4.98 Å². The lowest BCUT2D eigenvalue weighted by Crippen LogP contribution is -2.23. The first-order valence-corrected chi connectivity index (χ1v) is 9.15. The van der Waals surface area contributed by atoms with E-state index in [1.54, 1.807) is 10.9 Å². The molecule has 1 aliphatic rings. The summed E-state index contributed by atoms with van der Waals surface area (Å²) >= 11 is 6.11. The van der Waals surface area contributed by atoms with Crippen molar-refractivity contribution in [1.82, 2.24) is 19.7 Å². The molecule has 2 N–H and O–H groups in total. The van der Waals surface area contributed by atoms with Gasteiger partial charge in [-0.05, 0) is 45.4 Å². The number of aromatic nitrogens is 4. The number of halogens is 2. The van der Waals surface area contributed by atoms with Gasteiger partial charge in [-0.15, -0.1) is 0 Å². The van der Waals surface area contributed by atoms with E-state index in [9.17, 15) is 9.50 Å². The highest BCUT2D eigenvalue weighted by Gasteiger charge is 2.21. The van der Waals surface area contributed by atoms with Crippen molar-refractivity contribution in [2.75, 3.05) is 11.9 Å². The number of hydrogen-bond acceptors (Lipinski definition) is 6. The summed E-state index contributed by atoms with van der Waals surface area (Å²) < 4.78 is 21.2. The molecule has 0 amide bonds. The van der Waals surface area contributed by atoms with Crippen molar-refractivity contribution in [3.63, 3.8) is 0 Å². The second-order valence-electron chi connectivity index (χ2n) is 6.86. The third kappa shape index (κ3) is 4.62. The molecule has 3 rings (SSSR count). The molecule has 1 aliphatic carbocycles. The van der Waals surface area contributed by atoms with Gasteiger partial charge in [0.15, 0.2) is 5.15 Å². The second-order valence-corrected chi connectivity index (χ2v) is 7.22. The lowest BCUT2D eigenvalue weighted by Gasteiger charge is -2.25. The van der Waals surface area contributed by atoms with Crippen LogP contribution in [0.3, 0.4) is 0 Å². The highest BCUT2D eigenvalue weighted by Crippen LogP contribution is 2.27. The summed E-state index contributed by atoms with van der Waals surface area (Å²) in [4.78, 5) is 8.03. The van der Waals surface area contributed by atoms with Crippen LogP contribution in [0.15, 0.2) is 12.4 Å². The number of anilines is 2. The van der Waals surface area contributed by atoms with Gasteiger partial charge in [-0.3, -0.25) is 4.68 Å². The van der Waals surface area contributed by atoms with Gasteiger partial charge in [0, 0.05) is 6.04 Å². The molecule has 0 aromatic carbocycles. The zero-order valence-electron chi connectivity index (χ0n) is 14.8. The second kappa shape index (κ2) is 8.18. The van der Waals surface area contributed by atoms with E-state index < -0.39 is 5.82 Å². The Kier molecular flexibility index (Phi) is 5.93. The third-order valence-electron chi connectivity index (χ3n) is 4.45. The molecule has 1 saturated carbocycles. The maximum absolute atomic E-state index is 14.0. The summed E-state index contributed by atoms with van der Waals surface area (Å²) in [5.41, 5.74) is 0.541. The van der Waals surface area contributed by atoms with Crippen molar-refractivity contribution >= 4 is 23.2 Å². The molecule has 1 fully saturated rings. The molecule has 9 heteroatoms. The fraction of sp³-hybridized carbons (Fsp3) is 0.588. The van der Waals surface area contributed by atoms with Crippen molar-refractivity contribution in [3.8, 4) is 5.88 Å². The third-order valence-corrected chi connectivity index (χ3v) is 4.73. The van der Waals surface area contributed by atoms with Crippen LogP contribution in [0, 0.1) is 11.7 Å². The fourth-order valence-electron chi connectivity index (χ4n) is 2.86. The molecule has 2 aromatic rings. The normalized spacial score (nSPS) is 20.4. The summed E-state index contributed by atoms with van der Waals surface area (Å²) in [7, 11) is 0. The van der Waals surface area contributed by atoms with Gasteiger partial charge in [-0.1, -0.05) is 11.6 Å². The van der Waals surface area contributed by atoms with E-state index in [1.807, 2.05) is 13.8 Å². The zero-order chi connectivity index (χ0) is 18.7. The number of nitrogens with zero attached hydrogens (tertiary/aromatic N) is 4. The van der Waals surface area contributed by atoms with Gasteiger partial charge in [0.25, 0.3) is 5.88 Å². The van der Waals surface area contributed by atoms with Crippen LogP contribution in [0.25, 0.3) is 0 Å². The Hall–Kier alpha value is -1.93. The van der Waals surface area contributed by atoms with Gasteiger partial charge in [-0.2, -0.15) is 14.5 Å². The molecular weight excluding hydrogens is 361 g/mol. The van der Waals surface area contributed by atoms with Gasteiger partial charge in [0.1, 0.15) is 0 Å². The number of nitrogens with one attached hydrogen (secondary N) is 1. The highest BCUT2D eigenvalue weighted by atomic mass is 35.5. The monoisotopic (exact) mass is 383 g/mol. The number of aliphatic hydroxyl groups excluding tert-OH is 1. The Morgan fingerprint density at radius 3 is 2.77 bits per heavy atom. The molecule has 0 aliphatic heterocycles. The molecule has 7 nitrogen and oxygen atoms in total. The molecule has 0 spiro atoms. The summed E-state index contributed by atoms with van der Waals surface area (Å²) in [5, 5.41) is 17.0. The van der Waals surface area contributed by atoms with Gasteiger partial charge >= 0.3 is 0 Å². The minimum Gasteiger partial charge on any atom is -0.475 e. The van der Waals surface area contributed by atoms with Crippen LogP contribution in [0.2, 0.25) is 5.15 Å². The average Bonchev–Trinajstić information content (AvgIpc) is 2.98. The van der Waals surface area contributed by atoms with Gasteiger partial charge < -0.3 is 15.2 Å². The highest BCUT2D eigenvalue weighted by molar-refractivity contribution is 6.32. The molecule has 0 atom stereocenters. The smallest absolute Gasteiger partial charge is 0.255 e. The molecule has 0 bridgehead atoms. The summed E-state index contributed by atoms with van der Waals surface area (Å²) in [6.07, 6.45) is 5.82. The number of ether oxygens (including phenoxy) is 1. The minimum atomic E-state index is -0.615. The van der Waals surface area contributed by atoms with Crippen molar-refractivity contribution in [1.29, 1.82) is 0 Å². The van der Waals surface area contributed by atoms with Crippen molar-refractivity contribution in [2.24, 2.45) is 5.92 Å². The summed E-state index contributed by atoms with van der Waals surface area (Å²) in [6.45, 7) is 4.33. The zero-order valence-corrected chi connectivity index (χ0v) is 15.6. The Bertz CT molecular complexity index is 747.